The van der Waals surface area contributed by atoms with E-state index in [0.717, 1.165) is 10.0 Å². The summed E-state index contributed by atoms with van der Waals surface area (Å²) >= 11 is 3.43. The predicted molar refractivity (Wildman–Crippen MR) is 70.2 cm³/mol. The zero-order chi connectivity index (χ0) is 13.2. The summed E-state index contributed by atoms with van der Waals surface area (Å²) in [6, 6.07) is 7.77. The number of aliphatic carboxylic acids is 1. The third kappa shape index (κ3) is 2.56. The van der Waals surface area contributed by atoms with Crippen LogP contribution in [0.15, 0.2) is 28.7 Å². The molecule has 0 saturated heterocycles. The Balaban J connectivity index is 1.85. The first-order valence-corrected chi connectivity index (χ1v) is 6.61. The molecule has 0 spiro atoms. The summed E-state index contributed by atoms with van der Waals surface area (Å²) in [5.74, 6) is -1.37. The van der Waals surface area contributed by atoms with Crippen molar-refractivity contribution in [2.45, 2.75) is 19.3 Å². The van der Waals surface area contributed by atoms with Crippen LogP contribution in [-0.4, -0.2) is 23.5 Å². The SMILES string of the molecule is O=C(O)C1(C(=O)NCCc2ccccc2Br)CC1. The Morgan fingerprint density at radius 1 is 1.33 bits per heavy atom. The van der Waals surface area contributed by atoms with E-state index in [-0.39, 0.29) is 5.91 Å². The van der Waals surface area contributed by atoms with Crippen molar-refractivity contribution < 1.29 is 14.7 Å². The highest BCUT2D eigenvalue weighted by atomic mass is 79.9. The Hall–Kier alpha value is -1.36. The first-order valence-electron chi connectivity index (χ1n) is 5.81. The molecule has 1 saturated carbocycles. The van der Waals surface area contributed by atoms with Gasteiger partial charge in [0, 0.05) is 11.0 Å². The van der Waals surface area contributed by atoms with Gasteiger partial charge in [-0.05, 0) is 30.9 Å². The van der Waals surface area contributed by atoms with Crippen LogP contribution in [0.1, 0.15) is 18.4 Å². The van der Waals surface area contributed by atoms with E-state index in [1.165, 1.54) is 0 Å². The van der Waals surface area contributed by atoms with Crippen molar-refractivity contribution in [2.75, 3.05) is 6.54 Å². The highest BCUT2D eigenvalue weighted by Crippen LogP contribution is 2.46. The number of carboxylic acids is 1. The van der Waals surface area contributed by atoms with Crippen molar-refractivity contribution in [3.63, 3.8) is 0 Å². The molecule has 1 amide bonds. The van der Waals surface area contributed by atoms with Crippen molar-refractivity contribution >= 4 is 27.8 Å². The van der Waals surface area contributed by atoms with Gasteiger partial charge >= 0.3 is 5.97 Å². The standard InChI is InChI=1S/C13H14BrNO3/c14-10-4-2-1-3-9(10)5-8-15-11(16)13(6-7-13)12(17)18/h1-4H,5-8H2,(H,15,16)(H,17,18). The Morgan fingerprint density at radius 3 is 2.56 bits per heavy atom. The molecular weight excluding hydrogens is 298 g/mol. The van der Waals surface area contributed by atoms with Gasteiger partial charge in [0.2, 0.25) is 5.91 Å². The predicted octanol–water partition coefficient (Wildman–Crippen LogP) is 1.97. The van der Waals surface area contributed by atoms with Gasteiger partial charge in [-0.25, -0.2) is 0 Å². The molecule has 1 aromatic rings. The Labute approximate surface area is 114 Å². The number of rotatable bonds is 5. The van der Waals surface area contributed by atoms with Gasteiger partial charge in [0.05, 0.1) is 0 Å². The summed E-state index contributed by atoms with van der Waals surface area (Å²) in [5, 5.41) is 11.7. The van der Waals surface area contributed by atoms with E-state index in [9.17, 15) is 9.59 Å². The molecule has 0 unspecified atom stereocenters. The van der Waals surface area contributed by atoms with Crippen molar-refractivity contribution in [3.8, 4) is 0 Å². The van der Waals surface area contributed by atoms with E-state index in [0.29, 0.717) is 25.8 Å². The lowest BCUT2D eigenvalue weighted by Crippen LogP contribution is -2.37. The van der Waals surface area contributed by atoms with E-state index < -0.39 is 11.4 Å². The minimum Gasteiger partial charge on any atom is -0.480 e. The maximum absolute atomic E-state index is 11.7. The highest BCUT2D eigenvalue weighted by Gasteiger charge is 2.56. The van der Waals surface area contributed by atoms with E-state index >= 15 is 0 Å². The van der Waals surface area contributed by atoms with Crippen LogP contribution in [0.25, 0.3) is 0 Å². The Kier molecular flexibility index (Phi) is 3.71. The topological polar surface area (TPSA) is 66.4 Å². The summed E-state index contributed by atoms with van der Waals surface area (Å²) < 4.78 is 0.999. The Morgan fingerprint density at radius 2 is 2.00 bits per heavy atom. The quantitative estimate of drug-likeness (QED) is 0.817. The highest BCUT2D eigenvalue weighted by molar-refractivity contribution is 9.10. The van der Waals surface area contributed by atoms with Gasteiger partial charge in [-0.15, -0.1) is 0 Å². The molecule has 0 bridgehead atoms. The number of carboxylic acid groups (broad SMARTS) is 1. The van der Waals surface area contributed by atoms with Crippen molar-refractivity contribution in [3.05, 3.63) is 34.3 Å². The fourth-order valence-corrected chi connectivity index (χ4v) is 2.33. The molecule has 0 radical (unpaired) electrons. The second-order valence-electron chi connectivity index (χ2n) is 4.48. The van der Waals surface area contributed by atoms with Gasteiger partial charge in [-0.3, -0.25) is 9.59 Å². The minimum atomic E-state index is -1.14. The summed E-state index contributed by atoms with van der Waals surface area (Å²) in [4.78, 5) is 22.7. The maximum atomic E-state index is 11.7. The lowest BCUT2D eigenvalue weighted by Gasteiger charge is -2.11. The first kappa shape index (κ1) is 13.1. The normalized spacial score (nSPS) is 16.1. The monoisotopic (exact) mass is 311 g/mol. The molecule has 96 valence electrons. The molecule has 0 aliphatic heterocycles. The number of halogens is 1. The molecule has 4 nitrogen and oxygen atoms in total. The van der Waals surface area contributed by atoms with Gasteiger partial charge in [0.25, 0.3) is 0 Å². The van der Waals surface area contributed by atoms with Gasteiger partial charge in [-0.1, -0.05) is 34.1 Å². The molecule has 1 aliphatic carbocycles. The fourth-order valence-electron chi connectivity index (χ4n) is 1.84. The number of hydrogen-bond donors (Lipinski definition) is 2. The van der Waals surface area contributed by atoms with E-state index in [1.807, 2.05) is 24.3 Å². The molecule has 1 aliphatic rings. The molecule has 2 rings (SSSR count). The van der Waals surface area contributed by atoms with Crippen LogP contribution in [0.5, 0.6) is 0 Å². The fraction of sp³-hybridized carbons (Fsp3) is 0.385. The number of nitrogens with one attached hydrogen (secondary N) is 1. The molecule has 1 fully saturated rings. The number of hydrogen-bond acceptors (Lipinski definition) is 2. The van der Waals surface area contributed by atoms with E-state index in [4.69, 9.17) is 5.11 Å². The summed E-state index contributed by atoms with van der Waals surface area (Å²) in [6.07, 6.45) is 1.58. The zero-order valence-electron chi connectivity index (χ0n) is 9.78. The second kappa shape index (κ2) is 5.10. The molecule has 0 heterocycles. The Bertz CT molecular complexity index is 483. The molecular formula is C13H14BrNO3. The van der Waals surface area contributed by atoms with Crippen LogP contribution in [0.4, 0.5) is 0 Å². The van der Waals surface area contributed by atoms with Gasteiger partial charge in [0.15, 0.2) is 0 Å². The van der Waals surface area contributed by atoms with Gasteiger partial charge < -0.3 is 10.4 Å². The maximum Gasteiger partial charge on any atom is 0.319 e. The zero-order valence-corrected chi connectivity index (χ0v) is 11.4. The number of benzene rings is 1. The van der Waals surface area contributed by atoms with Crippen LogP contribution in [0, 0.1) is 5.41 Å². The average molecular weight is 312 g/mol. The van der Waals surface area contributed by atoms with E-state index in [2.05, 4.69) is 21.2 Å². The van der Waals surface area contributed by atoms with Crippen LogP contribution in [0.2, 0.25) is 0 Å². The molecule has 5 heteroatoms. The van der Waals surface area contributed by atoms with E-state index in [1.54, 1.807) is 0 Å². The largest absolute Gasteiger partial charge is 0.480 e. The van der Waals surface area contributed by atoms with Crippen LogP contribution < -0.4 is 5.32 Å². The second-order valence-corrected chi connectivity index (χ2v) is 5.34. The molecule has 0 aromatic heterocycles. The summed E-state index contributed by atoms with van der Waals surface area (Å²) in [5.41, 5.74) is -0.0496. The van der Waals surface area contributed by atoms with Gasteiger partial charge in [0.1, 0.15) is 5.41 Å². The van der Waals surface area contributed by atoms with Crippen molar-refractivity contribution in [2.24, 2.45) is 5.41 Å². The number of amides is 1. The summed E-state index contributed by atoms with van der Waals surface area (Å²) in [6.45, 7) is 0.455. The van der Waals surface area contributed by atoms with Crippen molar-refractivity contribution in [1.29, 1.82) is 0 Å². The number of carbonyl (C=O) groups is 2. The molecule has 2 N–H and O–H groups in total. The lowest BCUT2D eigenvalue weighted by molar-refractivity contribution is -0.149. The van der Waals surface area contributed by atoms with Gasteiger partial charge in [-0.2, -0.15) is 0 Å². The average Bonchev–Trinajstić information content (AvgIpc) is 3.12. The first-order chi connectivity index (χ1) is 8.56. The molecule has 0 atom stereocenters. The molecule has 18 heavy (non-hydrogen) atoms. The smallest absolute Gasteiger partial charge is 0.319 e. The number of carbonyl (C=O) groups excluding carboxylic acids is 1. The van der Waals surface area contributed by atoms with Crippen LogP contribution >= 0.6 is 15.9 Å². The van der Waals surface area contributed by atoms with Crippen molar-refractivity contribution in [1.82, 2.24) is 5.32 Å². The van der Waals surface area contributed by atoms with Crippen LogP contribution in [0.3, 0.4) is 0 Å². The minimum absolute atomic E-state index is 0.359. The third-order valence-corrected chi connectivity index (χ3v) is 4.01. The molecule has 1 aromatic carbocycles. The van der Waals surface area contributed by atoms with Crippen LogP contribution in [-0.2, 0) is 16.0 Å². The summed E-state index contributed by atoms with van der Waals surface area (Å²) in [7, 11) is 0. The third-order valence-electron chi connectivity index (χ3n) is 3.23. The lowest BCUT2D eigenvalue weighted by atomic mass is 10.1.